The minimum atomic E-state index is 0.377. The van der Waals surface area contributed by atoms with E-state index in [1.165, 1.54) is 5.69 Å². The van der Waals surface area contributed by atoms with E-state index in [0.29, 0.717) is 18.4 Å². The van der Waals surface area contributed by atoms with Gasteiger partial charge in [0.25, 0.3) is 0 Å². The summed E-state index contributed by atoms with van der Waals surface area (Å²) >= 11 is 1.70. The Kier molecular flexibility index (Phi) is 4.53. The molecule has 1 aliphatic rings. The van der Waals surface area contributed by atoms with E-state index in [1.807, 2.05) is 42.3 Å². The molecule has 0 aromatic carbocycles. The first-order chi connectivity index (χ1) is 11.9. The molecule has 24 heavy (non-hydrogen) atoms. The number of fused-ring (bicyclic) bond motifs is 1. The van der Waals surface area contributed by atoms with Crippen LogP contribution in [-0.4, -0.2) is 37.6 Å². The van der Waals surface area contributed by atoms with Crippen molar-refractivity contribution >= 4 is 11.3 Å². The maximum atomic E-state index is 5.89. The highest BCUT2D eigenvalue weighted by Gasteiger charge is 2.23. The van der Waals surface area contributed by atoms with Crippen LogP contribution in [0.15, 0.2) is 48.5 Å². The molecule has 0 amide bonds. The minimum absolute atomic E-state index is 0.377. The van der Waals surface area contributed by atoms with Gasteiger partial charge in [-0.3, -0.25) is 4.90 Å². The molecule has 3 aromatic heterocycles. The van der Waals surface area contributed by atoms with Gasteiger partial charge < -0.3 is 9.30 Å². The second kappa shape index (κ2) is 7.11. The van der Waals surface area contributed by atoms with Gasteiger partial charge in [0.1, 0.15) is 5.01 Å². The van der Waals surface area contributed by atoms with Crippen LogP contribution in [-0.2, 0) is 19.6 Å². The van der Waals surface area contributed by atoms with Crippen molar-refractivity contribution in [3.63, 3.8) is 0 Å². The molecule has 124 valence electrons. The molecular formula is C17H19N5OS. The van der Waals surface area contributed by atoms with Crippen LogP contribution in [0.3, 0.4) is 0 Å². The molecule has 0 spiro atoms. The van der Waals surface area contributed by atoms with Crippen LogP contribution in [0.25, 0.3) is 0 Å². The highest BCUT2D eigenvalue weighted by Crippen LogP contribution is 2.20. The van der Waals surface area contributed by atoms with Gasteiger partial charge in [-0.2, -0.15) is 0 Å². The van der Waals surface area contributed by atoms with Crippen molar-refractivity contribution in [2.45, 2.75) is 19.6 Å². The van der Waals surface area contributed by atoms with Crippen molar-refractivity contribution in [2.24, 2.45) is 5.92 Å². The molecule has 7 heteroatoms. The van der Waals surface area contributed by atoms with Gasteiger partial charge >= 0.3 is 0 Å². The van der Waals surface area contributed by atoms with Crippen LogP contribution in [0.4, 0.5) is 0 Å². The van der Waals surface area contributed by atoms with Crippen molar-refractivity contribution in [3.8, 4) is 5.88 Å². The van der Waals surface area contributed by atoms with Gasteiger partial charge in [-0.25, -0.2) is 15.0 Å². The Hall–Kier alpha value is -2.25. The van der Waals surface area contributed by atoms with E-state index in [-0.39, 0.29) is 0 Å². The van der Waals surface area contributed by atoms with Gasteiger partial charge in [0.15, 0.2) is 0 Å². The standard InChI is InChI=1S/C17H19N5OS/c1-2-4-19-16(3-1)23-12-14-8-21(11-17-20-5-6-24-17)10-15-7-18-13-22(15)9-14/h1-7,13-14H,8-12H2/t14-/m1/s1. The highest BCUT2D eigenvalue weighted by molar-refractivity contribution is 7.09. The van der Waals surface area contributed by atoms with E-state index in [2.05, 4.69) is 24.4 Å². The normalized spacial score (nSPS) is 18.1. The quantitative estimate of drug-likeness (QED) is 0.713. The number of imidazole rings is 1. The molecular weight excluding hydrogens is 322 g/mol. The largest absolute Gasteiger partial charge is 0.477 e. The molecule has 4 rings (SSSR count). The molecule has 1 aliphatic heterocycles. The summed E-state index contributed by atoms with van der Waals surface area (Å²) in [6.45, 7) is 4.27. The van der Waals surface area contributed by atoms with Crippen molar-refractivity contribution in [1.82, 2.24) is 24.4 Å². The molecule has 0 unspecified atom stereocenters. The molecule has 0 saturated heterocycles. The topological polar surface area (TPSA) is 56.1 Å². The van der Waals surface area contributed by atoms with E-state index in [0.717, 1.165) is 31.2 Å². The molecule has 6 nitrogen and oxygen atoms in total. The van der Waals surface area contributed by atoms with Crippen molar-refractivity contribution in [1.29, 1.82) is 0 Å². The van der Waals surface area contributed by atoms with E-state index < -0.39 is 0 Å². The summed E-state index contributed by atoms with van der Waals surface area (Å²) < 4.78 is 8.12. The summed E-state index contributed by atoms with van der Waals surface area (Å²) in [5.41, 5.74) is 1.24. The molecule has 4 heterocycles. The molecule has 0 N–H and O–H groups in total. The molecule has 0 bridgehead atoms. The maximum absolute atomic E-state index is 5.89. The van der Waals surface area contributed by atoms with Gasteiger partial charge in [-0.05, 0) is 6.07 Å². The van der Waals surface area contributed by atoms with Crippen LogP contribution in [0.1, 0.15) is 10.7 Å². The Morgan fingerprint density at radius 1 is 1.21 bits per heavy atom. The average Bonchev–Trinajstić information content (AvgIpc) is 3.23. The number of thiazole rings is 1. The van der Waals surface area contributed by atoms with Crippen LogP contribution in [0, 0.1) is 5.92 Å². The lowest BCUT2D eigenvalue weighted by Gasteiger charge is -2.23. The predicted molar refractivity (Wildman–Crippen MR) is 91.7 cm³/mol. The Morgan fingerprint density at radius 2 is 2.21 bits per heavy atom. The smallest absolute Gasteiger partial charge is 0.213 e. The summed E-state index contributed by atoms with van der Waals surface area (Å²) in [7, 11) is 0. The van der Waals surface area contributed by atoms with Gasteiger partial charge in [0.05, 0.1) is 25.2 Å². The van der Waals surface area contributed by atoms with Crippen LogP contribution in [0.5, 0.6) is 5.88 Å². The number of pyridine rings is 1. The Balaban J connectivity index is 1.46. The lowest BCUT2D eigenvalue weighted by Crippen LogP contribution is -2.30. The third-order valence-electron chi connectivity index (χ3n) is 4.10. The van der Waals surface area contributed by atoms with Crippen molar-refractivity contribution in [2.75, 3.05) is 13.2 Å². The number of rotatable bonds is 5. The van der Waals surface area contributed by atoms with Crippen LogP contribution in [0.2, 0.25) is 0 Å². The fraction of sp³-hybridized carbons (Fsp3) is 0.353. The molecule has 3 aromatic rings. The lowest BCUT2D eigenvalue weighted by molar-refractivity contribution is 0.164. The summed E-state index contributed by atoms with van der Waals surface area (Å²) in [6.07, 6.45) is 7.49. The number of ether oxygens (including phenoxy) is 1. The van der Waals surface area contributed by atoms with E-state index in [4.69, 9.17) is 4.74 Å². The zero-order valence-electron chi connectivity index (χ0n) is 13.3. The van der Waals surface area contributed by atoms with Crippen LogP contribution >= 0.6 is 11.3 Å². The van der Waals surface area contributed by atoms with Gasteiger partial charge in [-0.1, -0.05) is 6.07 Å². The monoisotopic (exact) mass is 341 g/mol. The first-order valence-corrected chi connectivity index (χ1v) is 8.88. The zero-order chi connectivity index (χ0) is 16.2. The molecule has 0 aliphatic carbocycles. The first-order valence-electron chi connectivity index (χ1n) is 8.00. The Bertz CT molecular complexity index is 758. The van der Waals surface area contributed by atoms with E-state index in [1.54, 1.807) is 17.5 Å². The number of hydrogen-bond acceptors (Lipinski definition) is 6. The van der Waals surface area contributed by atoms with Crippen molar-refractivity contribution in [3.05, 3.63) is 59.2 Å². The third-order valence-corrected chi connectivity index (χ3v) is 4.87. The first kappa shape index (κ1) is 15.3. The summed E-state index contributed by atoms with van der Waals surface area (Å²) in [6, 6.07) is 5.73. The lowest BCUT2D eigenvalue weighted by atomic mass is 10.1. The van der Waals surface area contributed by atoms with Gasteiger partial charge in [-0.15, -0.1) is 11.3 Å². The molecule has 0 fully saturated rings. The summed E-state index contributed by atoms with van der Waals surface area (Å²) in [5, 5.41) is 3.17. The average molecular weight is 341 g/mol. The Morgan fingerprint density at radius 3 is 3.04 bits per heavy atom. The zero-order valence-corrected chi connectivity index (χ0v) is 14.1. The molecule has 0 saturated carbocycles. The predicted octanol–water partition coefficient (Wildman–Crippen LogP) is 2.45. The second-order valence-corrected chi connectivity index (χ2v) is 6.96. The minimum Gasteiger partial charge on any atom is -0.477 e. The van der Waals surface area contributed by atoms with Gasteiger partial charge in [0, 0.05) is 55.6 Å². The third kappa shape index (κ3) is 3.63. The summed E-state index contributed by atoms with van der Waals surface area (Å²) in [4.78, 5) is 15.4. The molecule has 0 radical (unpaired) electrons. The second-order valence-electron chi connectivity index (χ2n) is 5.98. The fourth-order valence-corrected chi connectivity index (χ4v) is 3.68. The maximum Gasteiger partial charge on any atom is 0.213 e. The number of nitrogens with zero attached hydrogens (tertiary/aromatic N) is 5. The van der Waals surface area contributed by atoms with E-state index in [9.17, 15) is 0 Å². The molecule has 1 atom stereocenters. The van der Waals surface area contributed by atoms with Crippen LogP contribution < -0.4 is 4.74 Å². The Labute approximate surface area is 144 Å². The number of aromatic nitrogens is 4. The van der Waals surface area contributed by atoms with Gasteiger partial charge in [0.2, 0.25) is 5.88 Å². The highest BCUT2D eigenvalue weighted by atomic mass is 32.1. The summed E-state index contributed by atoms with van der Waals surface area (Å²) in [5.74, 6) is 1.06. The number of hydrogen-bond donors (Lipinski definition) is 0. The fourth-order valence-electron chi connectivity index (χ4n) is 3.02. The SMILES string of the molecule is c1ccc(OC[C@@H]2CN(Cc3nccs3)Cc3cncn3C2)nc1. The van der Waals surface area contributed by atoms with E-state index >= 15 is 0 Å². The van der Waals surface area contributed by atoms with Crippen molar-refractivity contribution < 1.29 is 4.74 Å².